The molecular formula is C16H13N. The normalized spacial score (nSPS) is 10.8. The summed E-state index contributed by atoms with van der Waals surface area (Å²) in [4.78, 5) is 4.52. The highest BCUT2D eigenvalue weighted by molar-refractivity contribution is 6.07. The Labute approximate surface area is 100 Å². The minimum absolute atomic E-state index is 0.882. The Morgan fingerprint density at radius 2 is 1.94 bits per heavy atom. The van der Waals surface area contributed by atoms with Gasteiger partial charge in [-0.15, -0.1) is 6.58 Å². The van der Waals surface area contributed by atoms with Crippen LogP contribution >= 0.6 is 0 Å². The Hall–Kier alpha value is -2.15. The molecule has 0 spiro atoms. The summed E-state index contributed by atoms with van der Waals surface area (Å²) in [5.41, 5.74) is 2.35. The second-order valence-electron chi connectivity index (χ2n) is 4.15. The van der Waals surface area contributed by atoms with Crippen LogP contribution in [0, 0.1) is 0 Å². The molecule has 0 unspecified atom stereocenters. The number of benzene rings is 2. The van der Waals surface area contributed by atoms with E-state index in [0.29, 0.717) is 0 Å². The van der Waals surface area contributed by atoms with Crippen LogP contribution in [0.15, 0.2) is 61.3 Å². The summed E-state index contributed by atoms with van der Waals surface area (Å²) in [6.45, 7) is 3.82. The van der Waals surface area contributed by atoms with Crippen LogP contribution in [0.4, 0.5) is 0 Å². The van der Waals surface area contributed by atoms with Crippen molar-refractivity contribution in [3.8, 4) is 0 Å². The number of allylic oxidation sites excluding steroid dienone is 1. The topological polar surface area (TPSA) is 12.9 Å². The first kappa shape index (κ1) is 10.0. The monoisotopic (exact) mass is 219 g/mol. The summed E-state index contributed by atoms with van der Waals surface area (Å²) in [6, 6.07) is 14.7. The van der Waals surface area contributed by atoms with Crippen molar-refractivity contribution < 1.29 is 0 Å². The lowest BCUT2D eigenvalue weighted by atomic mass is 10.00. The molecule has 3 aromatic rings. The van der Waals surface area contributed by atoms with Crippen LogP contribution < -0.4 is 0 Å². The van der Waals surface area contributed by atoms with Crippen LogP contribution in [0.25, 0.3) is 21.7 Å². The van der Waals surface area contributed by atoms with Gasteiger partial charge in [-0.2, -0.15) is 0 Å². The van der Waals surface area contributed by atoms with Gasteiger partial charge in [-0.1, -0.05) is 42.5 Å². The second-order valence-corrected chi connectivity index (χ2v) is 4.15. The second kappa shape index (κ2) is 4.02. The average Bonchev–Trinajstić information content (AvgIpc) is 2.39. The first-order valence-electron chi connectivity index (χ1n) is 5.76. The average molecular weight is 219 g/mol. The van der Waals surface area contributed by atoms with Crippen LogP contribution in [0.3, 0.4) is 0 Å². The largest absolute Gasteiger partial charge is 0.256 e. The van der Waals surface area contributed by atoms with Crippen LogP contribution in [0.2, 0.25) is 0 Å². The molecule has 17 heavy (non-hydrogen) atoms. The molecule has 0 saturated carbocycles. The van der Waals surface area contributed by atoms with Crippen molar-refractivity contribution in [1.82, 2.24) is 4.98 Å². The molecule has 1 nitrogen and oxygen atoms in total. The van der Waals surface area contributed by atoms with Gasteiger partial charge >= 0.3 is 0 Å². The fourth-order valence-corrected chi connectivity index (χ4v) is 2.31. The number of nitrogens with zero attached hydrogens (tertiary/aromatic N) is 1. The molecule has 0 amide bonds. The van der Waals surface area contributed by atoms with E-state index in [1.54, 1.807) is 0 Å². The summed E-state index contributed by atoms with van der Waals surface area (Å²) < 4.78 is 0. The van der Waals surface area contributed by atoms with E-state index in [2.05, 4.69) is 48.0 Å². The van der Waals surface area contributed by atoms with Crippen molar-refractivity contribution in [1.29, 1.82) is 0 Å². The molecule has 0 bridgehead atoms. The van der Waals surface area contributed by atoms with E-state index in [0.717, 1.165) is 11.9 Å². The molecular weight excluding hydrogens is 206 g/mol. The predicted octanol–water partition coefficient (Wildman–Crippen LogP) is 4.12. The maximum atomic E-state index is 4.52. The maximum absolute atomic E-state index is 4.52. The summed E-state index contributed by atoms with van der Waals surface area (Å²) in [5.74, 6) is 0. The van der Waals surface area contributed by atoms with E-state index < -0.39 is 0 Å². The van der Waals surface area contributed by atoms with Crippen LogP contribution in [0.1, 0.15) is 5.56 Å². The van der Waals surface area contributed by atoms with E-state index in [4.69, 9.17) is 0 Å². The van der Waals surface area contributed by atoms with E-state index in [1.807, 2.05) is 18.3 Å². The molecule has 0 saturated heterocycles. The molecule has 3 rings (SSSR count). The minimum atomic E-state index is 0.882. The van der Waals surface area contributed by atoms with Gasteiger partial charge in [0.2, 0.25) is 0 Å². The molecule has 0 atom stereocenters. The predicted molar refractivity (Wildman–Crippen MR) is 73.2 cm³/mol. The number of hydrogen-bond acceptors (Lipinski definition) is 1. The van der Waals surface area contributed by atoms with Crippen molar-refractivity contribution in [2.24, 2.45) is 0 Å². The molecule has 82 valence electrons. The third-order valence-corrected chi connectivity index (χ3v) is 3.07. The third-order valence-electron chi connectivity index (χ3n) is 3.07. The van der Waals surface area contributed by atoms with E-state index in [-0.39, 0.29) is 0 Å². The summed E-state index contributed by atoms with van der Waals surface area (Å²) in [7, 11) is 0. The summed E-state index contributed by atoms with van der Waals surface area (Å²) in [6.07, 6.45) is 4.76. The molecule has 0 fully saturated rings. The molecule has 0 aliphatic heterocycles. The molecule has 2 aromatic carbocycles. The highest BCUT2D eigenvalue weighted by Gasteiger charge is 2.04. The Bertz CT molecular complexity index is 698. The first-order valence-corrected chi connectivity index (χ1v) is 5.76. The standard InChI is InChI=1S/C16H13N/c1-2-6-12-8-5-10-15-16(12)14-9-4-3-7-13(14)11-17-15/h2-5,7-11H,1,6H2. The van der Waals surface area contributed by atoms with Crippen molar-refractivity contribution in [2.45, 2.75) is 6.42 Å². The fourth-order valence-electron chi connectivity index (χ4n) is 2.31. The summed E-state index contributed by atoms with van der Waals surface area (Å²) in [5, 5.41) is 3.72. The van der Waals surface area contributed by atoms with Crippen molar-refractivity contribution in [3.05, 3.63) is 66.9 Å². The molecule has 1 aromatic heterocycles. The van der Waals surface area contributed by atoms with Gasteiger partial charge in [0.1, 0.15) is 0 Å². The van der Waals surface area contributed by atoms with Crippen molar-refractivity contribution in [3.63, 3.8) is 0 Å². The van der Waals surface area contributed by atoms with Crippen LogP contribution in [-0.2, 0) is 6.42 Å². The fraction of sp³-hybridized carbons (Fsp3) is 0.0625. The highest BCUT2D eigenvalue weighted by atomic mass is 14.6. The molecule has 0 N–H and O–H groups in total. The van der Waals surface area contributed by atoms with Gasteiger partial charge in [-0.25, -0.2) is 0 Å². The van der Waals surface area contributed by atoms with Gasteiger partial charge in [-0.3, -0.25) is 4.98 Å². The zero-order valence-corrected chi connectivity index (χ0v) is 9.56. The highest BCUT2D eigenvalue weighted by Crippen LogP contribution is 2.26. The SMILES string of the molecule is C=CCc1cccc2ncc3ccccc3c12. The molecule has 0 aliphatic rings. The van der Waals surface area contributed by atoms with E-state index >= 15 is 0 Å². The van der Waals surface area contributed by atoms with Gasteiger partial charge < -0.3 is 0 Å². The number of aromatic nitrogens is 1. The summed E-state index contributed by atoms with van der Waals surface area (Å²) >= 11 is 0. The number of pyridine rings is 1. The van der Waals surface area contributed by atoms with Crippen LogP contribution in [0.5, 0.6) is 0 Å². The van der Waals surface area contributed by atoms with Crippen molar-refractivity contribution in [2.75, 3.05) is 0 Å². The Morgan fingerprint density at radius 1 is 1.06 bits per heavy atom. The Kier molecular flexibility index (Phi) is 2.37. The van der Waals surface area contributed by atoms with Gasteiger partial charge in [0.05, 0.1) is 5.52 Å². The van der Waals surface area contributed by atoms with Gasteiger partial charge in [0.15, 0.2) is 0 Å². The number of rotatable bonds is 2. The molecule has 1 heteroatoms. The lowest BCUT2D eigenvalue weighted by Crippen LogP contribution is -1.88. The Balaban J connectivity index is 2.49. The van der Waals surface area contributed by atoms with Crippen LogP contribution in [-0.4, -0.2) is 4.98 Å². The quantitative estimate of drug-likeness (QED) is 0.466. The number of fused-ring (bicyclic) bond motifs is 3. The first-order chi connectivity index (χ1) is 8.40. The van der Waals surface area contributed by atoms with Gasteiger partial charge in [0.25, 0.3) is 0 Å². The minimum Gasteiger partial charge on any atom is -0.256 e. The van der Waals surface area contributed by atoms with Gasteiger partial charge in [0, 0.05) is 17.0 Å². The molecule has 0 radical (unpaired) electrons. The number of hydrogen-bond donors (Lipinski definition) is 0. The van der Waals surface area contributed by atoms with E-state index in [9.17, 15) is 0 Å². The van der Waals surface area contributed by atoms with Gasteiger partial charge in [-0.05, 0) is 23.4 Å². The van der Waals surface area contributed by atoms with Crippen molar-refractivity contribution >= 4 is 21.7 Å². The Morgan fingerprint density at radius 3 is 2.82 bits per heavy atom. The maximum Gasteiger partial charge on any atom is 0.0711 e. The molecule has 1 heterocycles. The smallest absolute Gasteiger partial charge is 0.0711 e. The molecule has 0 aliphatic carbocycles. The zero-order valence-electron chi connectivity index (χ0n) is 9.56. The zero-order chi connectivity index (χ0) is 11.7. The van der Waals surface area contributed by atoms with E-state index in [1.165, 1.54) is 21.7 Å². The third kappa shape index (κ3) is 1.60. The lowest BCUT2D eigenvalue weighted by molar-refractivity contribution is 1.30. The lowest BCUT2D eigenvalue weighted by Gasteiger charge is -2.07.